The number of rotatable bonds is 7. The predicted octanol–water partition coefficient (Wildman–Crippen LogP) is 5.52. The lowest BCUT2D eigenvalue weighted by molar-refractivity contribution is -0.141. The Morgan fingerprint density at radius 1 is 1.07 bits per heavy atom. The fourth-order valence-corrected chi connectivity index (χ4v) is 5.01. The highest BCUT2D eigenvalue weighted by molar-refractivity contribution is 7.06. The number of amides is 2. The summed E-state index contributed by atoms with van der Waals surface area (Å²) in [6.07, 6.45) is 0.0228. The molecule has 0 radical (unpaired) electrons. The molecule has 0 aromatic carbocycles. The maximum atomic E-state index is 13.0. The fraction of sp³-hybridized carbons (Fsp3) is 0.481. The summed E-state index contributed by atoms with van der Waals surface area (Å²) in [7, 11) is 0. The van der Waals surface area contributed by atoms with Gasteiger partial charge in [0.05, 0.1) is 41.6 Å². The molecular weight excluding hydrogens is 561 g/mol. The predicted molar refractivity (Wildman–Crippen MR) is 145 cm³/mol. The maximum absolute atomic E-state index is 13.0. The molecule has 1 N–H and O–H groups in total. The lowest BCUT2D eigenvalue weighted by Gasteiger charge is -2.33. The smallest absolute Gasteiger partial charge is 0.434 e. The Labute approximate surface area is 239 Å². The van der Waals surface area contributed by atoms with E-state index < -0.39 is 23.4 Å². The zero-order chi connectivity index (χ0) is 29.8. The van der Waals surface area contributed by atoms with Gasteiger partial charge in [0.1, 0.15) is 5.60 Å². The summed E-state index contributed by atoms with van der Waals surface area (Å²) in [6, 6.07) is 3.32. The summed E-state index contributed by atoms with van der Waals surface area (Å²) in [4.78, 5) is 39.1. The lowest BCUT2D eigenvalue weighted by Crippen LogP contribution is -2.42. The summed E-state index contributed by atoms with van der Waals surface area (Å²) in [5.41, 5.74) is -0.0556. The molecule has 0 atom stereocenters. The topological polar surface area (TPSA) is 119 Å². The first kappa shape index (κ1) is 30.2. The van der Waals surface area contributed by atoms with Gasteiger partial charge in [0, 0.05) is 36.7 Å². The first-order valence-electron chi connectivity index (χ1n) is 13.0. The molecule has 0 saturated carbocycles. The van der Waals surface area contributed by atoms with Crippen LogP contribution in [0.3, 0.4) is 0 Å². The maximum Gasteiger partial charge on any atom is 0.434 e. The van der Waals surface area contributed by atoms with Gasteiger partial charge >= 0.3 is 12.3 Å². The number of piperidine rings is 1. The van der Waals surface area contributed by atoms with Gasteiger partial charge in [-0.2, -0.15) is 17.5 Å². The van der Waals surface area contributed by atoms with Crippen molar-refractivity contribution in [3.05, 3.63) is 58.2 Å². The Balaban J connectivity index is 1.28. The van der Waals surface area contributed by atoms with E-state index >= 15 is 0 Å². The van der Waals surface area contributed by atoms with Gasteiger partial charge < -0.3 is 19.7 Å². The number of ether oxygens (including phenoxy) is 2. The van der Waals surface area contributed by atoms with E-state index in [1.54, 1.807) is 24.0 Å². The second-order valence-corrected chi connectivity index (χ2v) is 11.6. The van der Waals surface area contributed by atoms with Gasteiger partial charge in [0.15, 0.2) is 5.69 Å². The number of aryl methyl sites for hydroxylation is 1. The summed E-state index contributed by atoms with van der Waals surface area (Å²) < 4.78 is 53.8. The van der Waals surface area contributed by atoms with E-state index in [1.165, 1.54) is 6.20 Å². The Morgan fingerprint density at radius 2 is 1.80 bits per heavy atom. The first-order valence-corrected chi connectivity index (χ1v) is 13.8. The van der Waals surface area contributed by atoms with Crippen LogP contribution in [0, 0.1) is 12.8 Å². The van der Waals surface area contributed by atoms with E-state index in [0.29, 0.717) is 53.6 Å². The average molecular weight is 593 g/mol. The van der Waals surface area contributed by atoms with Crippen LogP contribution in [0.15, 0.2) is 30.7 Å². The number of hydrogen-bond acceptors (Lipinski definition) is 9. The van der Waals surface area contributed by atoms with Gasteiger partial charge in [-0.05, 0) is 64.1 Å². The zero-order valence-electron chi connectivity index (χ0n) is 23.1. The highest BCUT2D eigenvalue weighted by atomic mass is 32.1. The van der Waals surface area contributed by atoms with Gasteiger partial charge in [-0.3, -0.25) is 9.78 Å². The molecule has 14 heteroatoms. The van der Waals surface area contributed by atoms with E-state index in [-0.39, 0.29) is 24.1 Å². The number of aromatic nitrogens is 4. The van der Waals surface area contributed by atoms with Crippen LogP contribution < -0.4 is 10.1 Å². The molecule has 4 rings (SSSR count). The summed E-state index contributed by atoms with van der Waals surface area (Å²) >= 11 is 1.08. The number of hydrogen-bond donors (Lipinski definition) is 1. The minimum atomic E-state index is -4.58. The van der Waals surface area contributed by atoms with Crippen LogP contribution in [-0.2, 0) is 17.3 Å². The van der Waals surface area contributed by atoms with E-state index in [9.17, 15) is 22.8 Å². The molecule has 220 valence electrons. The Morgan fingerprint density at radius 3 is 2.39 bits per heavy atom. The molecule has 0 bridgehead atoms. The normalized spacial score (nSPS) is 14.6. The number of anilines is 1. The monoisotopic (exact) mass is 592 g/mol. The van der Waals surface area contributed by atoms with Gasteiger partial charge in [-0.1, -0.05) is 0 Å². The van der Waals surface area contributed by atoms with Crippen LogP contribution in [0.1, 0.15) is 65.9 Å². The Kier molecular flexibility index (Phi) is 9.10. The Bertz CT molecular complexity index is 1350. The molecule has 4 heterocycles. The third-order valence-corrected chi connectivity index (χ3v) is 7.16. The second kappa shape index (κ2) is 12.4. The first-order chi connectivity index (χ1) is 19.3. The average Bonchev–Trinajstić information content (AvgIpc) is 3.27. The molecule has 41 heavy (non-hydrogen) atoms. The third kappa shape index (κ3) is 8.35. The Hall–Kier alpha value is -3.81. The fourth-order valence-electron chi connectivity index (χ4n) is 4.13. The number of carbonyl (C=O) groups excluding carboxylic acids is 2. The van der Waals surface area contributed by atoms with Crippen molar-refractivity contribution < 1.29 is 32.2 Å². The molecule has 0 aliphatic carbocycles. The number of likely N-dealkylation sites (tertiary alicyclic amines) is 1. The summed E-state index contributed by atoms with van der Waals surface area (Å²) in [5.74, 6) is 0.266. The van der Waals surface area contributed by atoms with Crippen molar-refractivity contribution in [1.82, 2.24) is 24.2 Å². The van der Waals surface area contributed by atoms with Crippen molar-refractivity contribution in [3.63, 3.8) is 0 Å². The van der Waals surface area contributed by atoms with Crippen molar-refractivity contribution in [2.45, 2.75) is 58.7 Å². The second-order valence-electron chi connectivity index (χ2n) is 10.7. The number of nitrogens with zero attached hydrogens (tertiary/aromatic N) is 5. The van der Waals surface area contributed by atoms with Crippen LogP contribution in [0.25, 0.3) is 0 Å². The van der Waals surface area contributed by atoms with Crippen LogP contribution in [0.4, 0.5) is 23.7 Å². The summed E-state index contributed by atoms with van der Waals surface area (Å²) in [5, 5.41) is 2.78. The van der Waals surface area contributed by atoms with Crippen molar-refractivity contribution in [3.8, 4) is 5.88 Å². The van der Waals surface area contributed by atoms with E-state index in [0.717, 1.165) is 30.6 Å². The highest BCUT2D eigenvalue weighted by Gasteiger charge is 2.33. The molecule has 0 unspecified atom stereocenters. The molecule has 0 spiro atoms. The lowest BCUT2D eigenvalue weighted by atomic mass is 9.98. The minimum absolute atomic E-state index is 0.112. The highest BCUT2D eigenvalue weighted by Crippen LogP contribution is 2.28. The quantitative estimate of drug-likeness (QED) is 0.381. The van der Waals surface area contributed by atoms with Gasteiger partial charge in [-0.15, -0.1) is 0 Å². The molecule has 1 saturated heterocycles. The number of nitrogens with one attached hydrogen (secondary N) is 1. The summed E-state index contributed by atoms with van der Waals surface area (Å²) in [6.45, 7) is 8.87. The van der Waals surface area contributed by atoms with Crippen LogP contribution in [0.5, 0.6) is 5.88 Å². The largest absolute Gasteiger partial charge is 0.477 e. The standard InChI is InChI=1S/C27H31F3N6O4S/c1-16-23(20(41-35-16)11-19-13-32-21(14-31-19)27(28,29)30)24(37)34-18-5-6-22(33-12-18)39-15-17-7-9-36(10-8-17)25(38)40-26(2,3)4/h5-6,12-14,17H,7-11,15H2,1-4H3,(H,34,37). The van der Waals surface area contributed by atoms with Crippen LogP contribution >= 0.6 is 11.5 Å². The van der Waals surface area contributed by atoms with Gasteiger partial charge in [0.25, 0.3) is 5.91 Å². The van der Waals surface area contributed by atoms with E-state index in [4.69, 9.17) is 9.47 Å². The molecule has 1 aliphatic rings. The van der Waals surface area contributed by atoms with Crippen molar-refractivity contribution in [2.24, 2.45) is 5.92 Å². The van der Waals surface area contributed by atoms with Crippen LogP contribution in [0.2, 0.25) is 0 Å². The molecular formula is C27H31F3N6O4S. The van der Waals surface area contributed by atoms with E-state index in [2.05, 4.69) is 24.6 Å². The number of alkyl halides is 3. The molecule has 2 amide bonds. The van der Waals surface area contributed by atoms with Gasteiger partial charge in [-0.25, -0.2) is 14.8 Å². The van der Waals surface area contributed by atoms with Crippen molar-refractivity contribution >= 4 is 29.2 Å². The van der Waals surface area contributed by atoms with Gasteiger partial charge in [0.2, 0.25) is 5.88 Å². The minimum Gasteiger partial charge on any atom is -0.477 e. The zero-order valence-corrected chi connectivity index (χ0v) is 23.9. The number of pyridine rings is 1. The molecule has 3 aromatic rings. The molecule has 1 aliphatic heterocycles. The van der Waals surface area contributed by atoms with Crippen LogP contribution in [-0.4, -0.2) is 61.5 Å². The molecule has 3 aromatic heterocycles. The van der Waals surface area contributed by atoms with E-state index in [1.807, 2.05) is 20.8 Å². The molecule has 10 nitrogen and oxygen atoms in total. The SMILES string of the molecule is Cc1nsc(Cc2cnc(C(F)(F)F)cn2)c1C(=O)Nc1ccc(OCC2CCN(C(=O)OC(C)(C)C)CC2)nc1. The number of carbonyl (C=O) groups is 2. The molecule has 1 fully saturated rings. The third-order valence-electron chi connectivity index (χ3n) is 6.23. The van der Waals surface area contributed by atoms with Crippen molar-refractivity contribution in [2.75, 3.05) is 25.0 Å². The van der Waals surface area contributed by atoms with Crippen molar-refractivity contribution in [1.29, 1.82) is 0 Å². The number of halogens is 3.